The zero-order valence-corrected chi connectivity index (χ0v) is 14.7. The normalized spacial score (nSPS) is 10.4. The first-order valence-electron chi connectivity index (χ1n) is 8.11. The lowest BCUT2D eigenvalue weighted by molar-refractivity contribution is -0.115. The summed E-state index contributed by atoms with van der Waals surface area (Å²) in [4.78, 5) is 16.3. The minimum atomic E-state index is -0.149. The van der Waals surface area contributed by atoms with Gasteiger partial charge in [-0.05, 0) is 29.3 Å². The summed E-state index contributed by atoms with van der Waals surface area (Å²) in [6, 6.07) is 11.0. The Bertz CT molecular complexity index is 878. The number of benzene rings is 1. The van der Waals surface area contributed by atoms with Gasteiger partial charge in [-0.2, -0.15) is 5.10 Å². The lowest BCUT2D eigenvalue weighted by atomic mass is 10.1. The topological polar surface area (TPSA) is 78.3 Å². The minimum Gasteiger partial charge on any atom is -0.493 e. The van der Waals surface area contributed by atoms with Gasteiger partial charge in [-0.15, -0.1) is 0 Å². The van der Waals surface area contributed by atoms with Crippen molar-refractivity contribution in [3.05, 3.63) is 66.1 Å². The van der Waals surface area contributed by atoms with Gasteiger partial charge in [0.15, 0.2) is 17.3 Å². The minimum absolute atomic E-state index is 0.149. The number of anilines is 1. The highest BCUT2D eigenvalue weighted by atomic mass is 16.5. The van der Waals surface area contributed by atoms with Crippen LogP contribution in [-0.2, 0) is 17.8 Å². The summed E-state index contributed by atoms with van der Waals surface area (Å²) in [6.07, 6.45) is 5.55. The van der Waals surface area contributed by atoms with E-state index in [1.54, 1.807) is 49.5 Å². The Labute approximate surface area is 151 Å². The van der Waals surface area contributed by atoms with Gasteiger partial charge in [0.1, 0.15) is 0 Å². The van der Waals surface area contributed by atoms with Crippen LogP contribution in [-0.4, -0.2) is 34.9 Å². The molecule has 0 fully saturated rings. The van der Waals surface area contributed by atoms with Gasteiger partial charge in [0.05, 0.1) is 27.2 Å². The molecule has 2 heterocycles. The van der Waals surface area contributed by atoms with Crippen LogP contribution in [0.4, 0.5) is 5.82 Å². The van der Waals surface area contributed by atoms with Crippen LogP contribution in [0.25, 0.3) is 0 Å². The Balaban J connectivity index is 1.60. The molecule has 26 heavy (non-hydrogen) atoms. The highest BCUT2D eigenvalue weighted by Crippen LogP contribution is 2.27. The summed E-state index contributed by atoms with van der Waals surface area (Å²) in [5.41, 5.74) is 1.87. The molecule has 1 N–H and O–H groups in total. The van der Waals surface area contributed by atoms with Gasteiger partial charge in [0.25, 0.3) is 0 Å². The second-order valence-corrected chi connectivity index (χ2v) is 5.67. The van der Waals surface area contributed by atoms with Crippen LogP contribution >= 0.6 is 0 Å². The maximum Gasteiger partial charge on any atom is 0.229 e. The van der Waals surface area contributed by atoms with E-state index in [1.807, 2.05) is 24.4 Å². The van der Waals surface area contributed by atoms with Crippen LogP contribution in [0.15, 0.2) is 55.0 Å². The maximum atomic E-state index is 12.3. The van der Waals surface area contributed by atoms with E-state index < -0.39 is 0 Å². The molecule has 0 aliphatic heterocycles. The second-order valence-electron chi connectivity index (χ2n) is 5.67. The molecule has 3 rings (SSSR count). The van der Waals surface area contributed by atoms with Crippen LogP contribution in [0.3, 0.4) is 0 Å². The third-order valence-corrected chi connectivity index (χ3v) is 3.79. The number of amides is 1. The standard InChI is InChI=1S/C19H20N4O3/c1-25-16-6-5-14(10-17(16)26-2)11-19(24)21-18-7-9-23(22-18)13-15-4-3-8-20-12-15/h3-10,12H,11,13H2,1-2H3,(H,21,22,24). The Morgan fingerprint density at radius 1 is 1.12 bits per heavy atom. The van der Waals surface area contributed by atoms with Crippen molar-refractivity contribution in [2.45, 2.75) is 13.0 Å². The molecule has 7 nitrogen and oxygen atoms in total. The van der Waals surface area contributed by atoms with Gasteiger partial charge in [0.2, 0.25) is 5.91 Å². The molecule has 0 atom stereocenters. The summed E-state index contributed by atoms with van der Waals surface area (Å²) in [5.74, 6) is 1.59. The van der Waals surface area contributed by atoms with Gasteiger partial charge in [-0.3, -0.25) is 14.5 Å². The van der Waals surface area contributed by atoms with Crippen molar-refractivity contribution in [2.75, 3.05) is 19.5 Å². The third-order valence-electron chi connectivity index (χ3n) is 3.79. The number of rotatable bonds is 7. The molecule has 1 amide bonds. The molecule has 0 bridgehead atoms. The van der Waals surface area contributed by atoms with Gasteiger partial charge in [-0.1, -0.05) is 12.1 Å². The Morgan fingerprint density at radius 3 is 2.69 bits per heavy atom. The fraction of sp³-hybridized carbons (Fsp3) is 0.211. The number of hydrogen-bond acceptors (Lipinski definition) is 5. The summed E-state index contributed by atoms with van der Waals surface area (Å²) < 4.78 is 12.2. The predicted octanol–water partition coefficient (Wildman–Crippen LogP) is 2.52. The first kappa shape index (κ1) is 17.5. The van der Waals surface area contributed by atoms with E-state index in [2.05, 4.69) is 15.4 Å². The predicted molar refractivity (Wildman–Crippen MR) is 97.4 cm³/mol. The van der Waals surface area contributed by atoms with Crippen molar-refractivity contribution >= 4 is 11.7 Å². The molecule has 134 valence electrons. The fourth-order valence-corrected chi connectivity index (χ4v) is 2.56. The smallest absolute Gasteiger partial charge is 0.229 e. The average Bonchev–Trinajstić information content (AvgIpc) is 3.09. The number of hydrogen-bond donors (Lipinski definition) is 1. The van der Waals surface area contributed by atoms with Gasteiger partial charge >= 0.3 is 0 Å². The number of nitrogens with zero attached hydrogens (tertiary/aromatic N) is 3. The molecule has 0 saturated heterocycles. The van der Waals surface area contributed by atoms with Crippen molar-refractivity contribution < 1.29 is 14.3 Å². The summed E-state index contributed by atoms with van der Waals surface area (Å²) in [7, 11) is 3.14. The van der Waals surface area contributed by atoms with Gasteiger partial charge in [-0.25, -0.2) is 0 Å². The van der Waals surface area contributed by atoms with Crippen LogP contribution < -0.4 is 14.8 Å². The first-order chi connectivity index (χ1) is 12.7. The zero-order valence-electron chi connectivity index (χ0n) is 14.7. The fourth-order valence-electron chi connectivity index (χ4n) is 2.56. The molecule has 2 aromatic heterocycles. The van der Waals surface area contributed by atoms with E-state index in [0.29, 0.717) is 23.9 Å². The third kappa shape index (κ3) is 4.38. The largest absolute Gasteiger partial charge is 0.493 e. The molecule has 0 saturated carbocycles. The lowest BCUT2D eigenvalue weighted by Crippen LogP contribution is -2.15. The van der Waals surface area contributed by atoms with E-state index in [4.69, 9.17) is 9.47 Å². The van der Waals surface area contributed by atoms with E-state index >= 15 is 0 Å². The molecule has 0 aliphatic carbocycles. The van der Waals surface area contributed by atoms with Crippen molar-refractivity contribution in [3.8, 4) is 11.5 Å². The highest BCUT2D eigenvalue weighted by molar-refractivity contribution is 5.91. The Hall–Kier alpha value is -3.35. The monoisotopic (exact) mass is 352 g/mol. The summed E-state index contributed by atoms with van der Waals surface area (Å²) in [6.45, 7) is 0.597. The van der Waals surface area contributed by atoms with E-state index in [-0.39, 0.29) is 12.3 Å². The van der Waals surface area contributed by atoms with E-state index in [1.165, 1.54) is 0 Å². The van der Waals surface area contributed by atoms with Crippen LogP contribution in [0.5, 0.6) is 11.5 Å². The van der Waals surface area contributed by atoms with E-state index in [9.17, 15) is 4.79 Å². The first-order valence-corrected chi connectivity index (χ1v) is 8.11. The number of pyridine rings is 1. The van der Waals surface area contributed by atoms with Crippen molar-refractivity contribution in [1.29, 1.82) is 0 Å². The summed E-state index contributed by atoms with van der Waals surface area (Å²) in [5, 5.41) is 7.16. The van der Waals surface area contributed by atoms with Crippen molar-refractivity contribution in [2.24, 2.45) is 0 Å². The SMILES string of the molecule is COc1ccc(CC(=O)Nc2ccn(Cc3cccnc3)n2)cc1OC. The maximum absolute atomic E-state index is 12.3. The van der Waals surface area contributed by atoms with Gasteiger partial charge < -0.3 is 14.8 Å². The van der Waals surface area contributed by atoms with Crippen molar-refractivity contribution in [1.82, 2.24) is 14.8 Å². The second kappa shape index (κ2) is 8.15. The number of nitrogens with one attached hydrogen (secondary N) is 1. The molecule has 0 aliphatic rings. The van der Waals surface area contributed by atoms with Crippen LogP contribution in [0.1, 0.15) is 11.1 Å². The Morgan fingerprint density at radius 2 is 1.96 bits per heavy atom. The number of carbonyl (C=O) groups excluding carboxylic acids is 1. The number of carbonyl (C=O) groups is 1. The van der Waals surface area contributed by atoms with Gasteiger partial charge in [0, 0.05) is 24.7 Å². The molecule has 0 unspecified atom stereocenters. The molecule has 7 heteroatoms. The van der Waals surface area contributed by atoms with E-state index in [0.717, 1.165) is 11.1 Å². The quantitative estimate of drug-likeness (QED) is 0.707. The zero-order chi connectivity index (χ0) is 18.4. The molecular weight excluding hydrogens is 332 g/mol. The van der Waals surface area contributed by atoms with Crippen LogP contribution in [0, 0.1) is 0 Å². The molecule has 0 radical (unpaired) electrons. The number of methoxy groups -OCH3 is 2. The van der Waals surface area contributed by atoms with Crippen LogP contribution in [0.2, 0.25) is 0 Å². The lowest BCUT2D eigenvalue weighted by Gasteiger charge is -2.09. The average molecular weight is 352 g/mol. The highest BCUT2D eigenvalue weighted by Gasteiger charge is 2.10. The molecule has 1 aromatic carbocycles. The summed E-state index contributed by atoms with van der Waals surface area (Å²) >= 11 is 0. The number of ether oxygens (including phenoxy) is 2. The molecular formula is C19H20N4O3. The Kier molecular flexibility index (Phi) is 5.48. The number of aromatic nitrogens is 3. The molecule has 3 aromatic rings. The molecule has 0 spiro atoms. The van der Waals surface area contributed by atoms with Crippen molar-refractivity contribution in [3.63, 3.8) is 0 Å².